The zero-order valence-electron chi connectivity index (χ0n) is 20.3. The van der Waals surface area contributed by atoms with Crippen molar-refractivity contribution in [1.82, 2.24) is 24.9 Å². The lowest BCUT2D eigenvalue weighted by atomic mass is 10.0. The highest BCUT2D eigenvalue weighted by Gasteiger charge is 2.36. The third-order valence-electron chi connectivity index (χ3n) is 6.83. The van der Waals surface area contributed by atoms with Crippen molar-refractivity contribution in [3.63, 3.8) is 0 Å². The van der Waals surface area contributed by atoms with E-state index in [1.54, 1.807) is 51.0 Å². The van der Waals surface area contributed by atoms with E-state index in [-0.39, 0.29) is 24.4 Å². The summed E-state index contributed by atoms with van der Waals surface area (Å²) in [6.07, 6.45) is 5.77. The molecule has 2 atom stereocenters. The Morgan fingerprint density at radius 2 is 1.92 bits per heavy atom. The van der Waals surface area contributed by atoms with E-state index in [0.29, 0.717) is 35.9 Å². The van der Waals surface area contributed by atoms with Crippen LogP contribution in [0.5, 0.6) is 0 Å². The predicted molar refractivity (Wildman–Crippen MR) is 137 cm³/mol. The third-order valence-corrected chi connectivity index (χ3v) is 6.83. The highest BCUT2D eigenvalue weighted by Crippen LogP contribution is 2.38. The molecule has 2 fully saturated rings. The standard InChI is InChI=1S/C27H24F3N7O/c28-17-1-6-23(30)22(11-17)24-12-18(29)16-36(24)26-8-7-25-33-14-21(37(25)34-26)5-3-19-2-4-20(13-32-19)35-10-9-31-15-27(35)38/h1-8,11,13-14,18,24,31H,9-10,12,15-16H2/b5-3+/t18-,24+/m0/s1. The van der Waals surface area contributed by atoms with Crippen LogP contribution in [0.2, 0.25) is 0 Å². The first-order valence-electron chi connectivity index (χ1n) is 12.3. The molecule has 0 radical (unpaired) electrons. The van der Waals surface area contributed by atoms with Crippen LogP contribution in [0.15, 0.2) is 54.9 Å². The summed E-state index contributed by atoms with van der Waals surface area (Å²) >= 11 is 0. The normalized spacial score (nSPS) is 20.2. The van der Waals surface area contributed by atoms with Gasteiger partial charge in [0.1, 0.15) is 23.6 Å². The zero-order chi connectivity index (χ0) is 26.2. The second-order valence-corrected chi connectivity index (χ2v) is 9.31. The number of aromatic nitrogens is 4. The maximum absolute atomic E-state index is 14.5. The molecule has 5 heterocycles. The fourth-order valence-electron chi connectivity index (χ4n) is 4.96. The van der Waals surface area contributed by atoms with Gasteiger partial charge in [-0.15, -0.1) is 5.10 Å². The highest BCUT2D eigenvalue weighted by molar-refractivity contribution is 5.95. The first-order valence-corrected chi connectivity index (χ1v) is 12.3. The Kier molecular flexibility index (Phi) is 6.28. The van der Waals surface area contributed by atoms with Crippen molar-refractivity contribution in [1.29, 1.82) is 0 Å². The maximum atomic E-state index is 14.5. The number of imidazole rings is 1. The lowest BCUT2D eigenvalue weighted by molar-refractivity contribution is -0.118. The number of hydrogen-bond donors (Lipinski definition) is 1. The number of hydrogen-bond acceptors (Lipinski definition) is 6. The maximum Gasteiger partial charge on any atom is 0.241 e. The van der Waals surface area contributed by atoms with Gasteiger partial charge in [0.05, 0.1) is 48.6 Å². The molecule has 194 valence electrons. The first-order chi connectivity index (χ1) is 18.5. The lowest BCUT2D eigenvalue weighted by Gasteiger charge is -2.27. The number of carbonyl (C=O) groups excluding carboxylic acids is 1. The number of alkyl halides is 1. The summed E-state index contributed by atoms with van der Waals surface area (Å²) in [4.78, 5) is 24.3. The molecule has 38 heavy (non-hydrogen) atoms. The van der Waals surface area contributed by atoms with E-state index in [9.17, 15) is 18.0 Å². The van der Waals surface area contributed by atoms with E-state index in [2.05, 4.69) is 20.4 Å². The average Bonchev–Trinajstić information content (AvgIpc) is 3.52. The molecular formula is C27H24F3N7O. The summed E-state index contributed by atoms with van der Waals surface area (Å²) in [7, 11) is 0. The minimum atomic E-state index is -1.20. The van der Waals surface area contributed by atoms with Gasteiger partial charge in [-0.3, -0.25) is 9.78 Å². The van der Waals surface area contributed by atoms with E-state index < -0.39 is 23.8 Å². The van der Waals surface area contributed by atoms with Gasteiger partial charge in [0.2, 0.25) is 5.91 Å². The number of carbonyl (C=O) groups is 1. The van der Waals surface area contributed by atoms with Crippen LogP contribution in [0.3, 0.4) is 0 Å². The van der Waals surface area contributed by atoms with Gasteiger partial charge in [0.25, 0.3) is 0 Å². The van der Waals surface area contributed by atoms with Gasteiger partial charge in [-0.2, -0.15) is 0 Å². The number of amides is 1. The minimum absolute atomic E-state index is 0.00779. The molecule has 0 unspecified atom stereocenters. The van der Waals surface area contributed by atoms with Crippen LogP contribution in [-0.4, -0.2) is 57.8 Å². The number of fused-ring (bicyclic) bond motifs is 1. The first kappa shape index (κ1) is 24.1. The Hall–Kier alpha value is -4.25. The molecule has 0 aliphatic carbocycles. The molecule has 3 aromatic heterocycles. The molecule has 6 rings (SSSR count). The molecule has 11 heteroatoms. The molecule has 1 aromatic carbocycles. The molecule has 1 N–H and O–H groups in total. The Bertz CT molecular complexity index is 1520. The predicted octanol–water partition coefficient (Wildman–Crippen LogP) is 3.80. The van der Waals surface area contributed by atoms with Gasteiger partial charge in [0, 0.05) is 25.1 Å². The molecule has 4 aromatic rings. The van der Waals surface area contributed by atoms with Gasteiger partial charge in [-0.05, 0) is 54.6 Å². The molecule has 1 amide bonds. The quantitative estimate of drug-likeness (QED) is 0.432. The molecule has 2 aliphatic heterocycles. The Morgan fingerprint density at radius 1 is 1.03 bits per heavy atom. The average molecular weight is 520 g/mol. The van der Waals surface area contributed by atoms with Gasteiger partial charge in [-0.25, -0.2) is 22.7 Å². The molecule has 0 spiro atoms. The van der Waals surface area contributed by atoms with Gasteiger partial charge >= 0.3 is 0 Å². The number of anilines is 2. The van der Waals surface area contributed by atoms with Crippen LogP contribution in [0.1, 0.15) is 29.4 Å². The summed E-state index contributed by atoms with van der Waals surface area (Å²) < 4.78 is 44.5. The smallest absolute Gasteiger partial charge is 0.241 e. The van der Waals surface area contributed by atoms with E-state index in [1.165, 1.54) is 0 Å². The van der Waals surface area contributed by atoms with Crippen LogP contribution in [0.4, 0.5) is 24.7 Å². The van der Waals surface area contributed by atoms with Crippen LogP contribution in [-0.2, 0) is 4.79 Å². The van der Waals surface area contributed by atoms with Crippen LogP contribution in [0, 0.1) is 11.6 Å². The largest absolute Gasteiger partial charge is 0.345 e. The van der Waals surface area contributed by atoms with Crippen molar-refractivity contribution >= 4 is 35.2 Å². The van der Waals surface area contributed by atoms with Crippen molar-refractivity contribution < 1.29 is 18.0 Å². The monoisotopic (exact) mass is 519 g/mol. The Labute approximate surface area is 216 Å². The minimum Gasteiger partial charge on any atom is -0.345 e. The van der Waals surface area contributed by atoms with Gasteiger partial charge in [-0.1, -0.05) is 0 Å². The van der Waals surface area contributed by atoms with Crippen molar-refractivity contribution in [2.24, 2.45) is 0 Å². The summed E-state index contributed by atoms with van der Waals surface area (Å²) in [6.45, 7) is 1.66. The number of piperazine rings is 1. The summed E-state index contributed by atoms with van der Waals surface area (Å²) in [5.41, 5.74) is 2.78. The van der Waals surface area contributed by atoms with Crippen LogP contribution < -0.4 is 15.1 Å². The molecule has 2 aliphatic rings. The molecule has 2 saturated heterocycles. The van der Waals surface area contributed by atoms with Crippen LogP contribution in [0.25, 0.3) is 17.8 Å². The number of nitrogens with zero attached hydrogens (tertiary/aromatic N) is 6. The van der Waals surface area contributed by atoms with E-state index in [1.807, 2.05) is 12.1 Å². The van der Waals surface area contributed by atoms with E-state index in [0.717, 1.165) is 30.4 Å². The zero-order valence-corrected chi connectivity index (χ0v) is 20.3. The molecular weight excluding hydrogens is 495 g/mol. The Morgan fingerprint density at radius 3 is 2.74 bits per heavy atom. The summed E-state index contributed by atoms with van der Waals surface area (Å²) in [5, 5.41) is 7.70. The summed E-state index contributed by atoms with van der Waals surface area (Å²) in [5.74, 6) is -0.714. The fourth-order valence-corrected chi connectivity index (χ4v) is 4.96. The number of rotatable bonds is 5. The van der Waals surface area contributed by atoms with Crippen molar-refractivity contribution in [3.8, 4) is 0 Å². The number of benzene rings is 1. The lowest BCUT2D eigenvalue weighted by Crippen LogP contribution is -2.48. The number of halogens is 3. The van der Waals surface area contributed by atoms with Gasteiger partial charge in [0.15, 0.2) is 5.65 Å². The molecule has 0 saturated carbocycles. The molecule has 0 bridgehead atoms. The topological polar surface area (TPSA) is 78.7 Å². The van der Waals surface area contributed by atoms with Crippen LogP contribution >= 0.6 is 0 Å². The van der Waals surface area contributed by atoms with E-state index in [4.69, 9.17) is 0 Å². The second-order valence-electron chi connectivity index (χ2n) is 9.31. The summed E-state index contributed by atoms with van der Waals surface area (Å²) in [6, 6.07) is 9.68. The van der Waals surface area contributed by atoms with E-state index >= 15 is 0 Å². The second kappa shape index (κ2) is 9.90. The molecule has 8 nitrogen and oxygen atoms in total. The van der Waals surface area contributed by atoms with Gasteiger partial charge < -0.3 is 15.1 Å². The number of nitrogens with one attached hydrogen (secondary N) is 1. The Balaban J connectivity index is 1.26. The third kappa shape index (κ3) is 4.60. The van der Waals surface area contributed by atoms with Crippen molar-refractivity contribution in [2.45, 2.75) is 18.6 Å². The SMILES string of the molecule is O=C1CNCCN1c1ccc(/C=C/c2cnc3ccc(N4C[C@@H](F)C[C@@H]4c4cc(F)ccc4F)nn23)nc1. The highest BCUT2D eigenvalue weighted by atomic mass is 19.1. The van der Waals surface area contributed by atoms with Crippen molar-refractivity contribution in [3.05, 3.63) is 83.4 Å². The van der Waals surface area contributed by atoms with Crippen molar-refractivity contribution in [2.75, 3.05) is 36.0 Å². The number of pyridine rings is 1. The fraction of sp³-hybridized carbons (Fsp3) is 0.259.